The first-order valence-corrected chi connectivity index (χ1v) is 10.8. The molecule has 0 radical (unpaired) electrons. The lowest BCUT2D eigenvalue weighted by Gasteiger charge is -2.08. The number of thioether (sulfide) groups is 1. The highest BCUT2D eigenvalue weighted by molar-refractivity contribution is 7.99. The Morgan fingerprint density at radius 1 is 1.07 bits per heavy atom. The molecule has 1 amide bonds. The predicted octanol–water partition coefficient (Wildman–Crippen LogP) is 4.75. The largest absolute Gasteiger partial charge is 0.326 e. The van der Waals surface area contributed by atoms with E-state index >= 15 is 0 Å². The molecular weight excluding hydrogens is 396 g/mol. The number of nitrogens with zero attached hydrogens (tertiary/aromatic N) is 3. The van der Waals surface area contributed by atoms with E-state index in [1.54, 1.807) is 24.3 Å². The Morgan fingerprint density at radius 3 is 2.43 bits per heavy atom. The second kappa shape index (κ2) is 9.71. The van der Waals surface area contributed by atoms with Crippen LogP contribution in [0.15, 0.2) is 53.7 Å². The summed E-state index contributed by atoms with van der Waals surface area (Å²) in [7, 11) is 1.91. The fourth-order valence-electron chi connectivity index (χ4n) is 3.03. The number of benzene rings is 2. The van der Waals surface area contributed by atoms with Crippen LogP contribution in [0.4, 0.5) is 5.69 Å². The molecule has 0 aliphatic heterocycles. The molecular formula is C23H26N4O2S. The average Bonchev–Trinajstić information content (AvgIpc) is 3.06. The molecule has 1 aromatic heterocycles. The Hall–Kier alpha value is -2.93. The molecule has 0 unspecified atom stereocenters. The molecule has 0 bridgehead atoms. The van der Waals surface area contributed by atoms with Crippen molar-refractivity contribution < 1.29 is 9.59 Å². The molecule has 156 valence electrons. The van der Waals surface area contributed by atoms with Crippen LogP contribution in [0.5, 0.6) is 0 Å². The number of hydrogen-bond acceptors (Lipinski definition) is 5. The zero-order valence-corrected chi connectivity index (χ0v) is 18.5. The molecule has 2 aromatic carbocycles. The maximum Gasteiger partial charge on any atom is 0.224 e. The number of nitrogens with one attached hydrogen (secondary N) is 1. The van der Waals surface area contributed by atoms with Gasteiger partial charge < -0.3 is 9.88 Å². The van der Waals surface area contributed by atoms with Crippen molar-refractivity contribution in [3.63, 3.8) is 0 Å². The Kier molecular flexibility index (Phi) is 7.05. The summed E-state index contributed by atoms with van der Waals surface area (Å²) in [6.07, 6.45) is 0.472. The van der Waals surface area contributed by atoms with Crippen molar-refractivity contribution >= 4 is 29.1 Å². The second-order valence-electron chi connectivity index (χ2n) is 7.62. The second-order valence-corrected chi connectivity index (χ2v) is 8.56. The normalized spacial score (nSPS) is 11.0. The maximum atomic E-state index is 12.6. The number of Topliss-reactive ketones (excluding diaryl/α,β-unsaturated/α-hetero) is 1. The minimum atomic E-state index is -0.0219. The average molecular weight is 423 g/mol. The monoisotopic (exact) mass is 422 g/mol. The van der Waals surface area contributed by atoms with E-state index in [4.69, 9.17) is 0 Å². The first kappa shape index (κ1) is 21.8. The van der Waals surface area contributed by atoms with Crippen LogP contribution in [-0.4, -0.2) is 32.2 Å². The lowest BCUT2D eigenvalue weighted by Crippen LogP contribution is -2.14. The number of aromatic nitrogens is 3. The van der Waals surface area contributed by atoms with Gasteiger partial charge in [-0.3, -0.25) is 9.59 Å². The van der Waals surface area contributed by atoms with Gasteiger partial charge in [-0.15, -0.1) is 10.2 Å². The molecule has 1 N–H and O–H groups in total. The summed E-state index contributed by atoms with van der Waals surface area (Å²) in [5.74, 6) is 1.32. The van der Waals surface area contributed by atoms with E-state index in [1.807, 2.05) is 56.7 Å². The molecule has 0 aliphatic rings. The topological polar surface area (TPSA) is 76.9 Å². The standard InChI is InChI=1S/C23H26N4O2S/c1-15(2)13-21(29)24-18-11-9-17(10-12-18)20(28)14-30-23-26-25-22(27(23)4)19-8-6-5-7-16(19)3/h5-12,15H,13-14H2,1-4H3,(H,24,29). The number of carbonyl (C=O) groups excluding carboxylic acids is 2. The minimum Gasteiger partial charge on any atom is -0.326 e. The molecule has 0 saturated carbocycles. The van der Waals surface area contributed by atoms with Crippen LogP contribution in [0.3, 0.4) is 0 Å². The zero-order valence-electron chi connectivity index (χ0n) is 17.7. The zero-order chi connectivity index (χ0) is 21.7. The summed E-state index contributed by atoms with van der Waals surface area (Å²) < 4.78 is 1.91. The van der Waals surface area contributed by atoms with Crippen molar-refractivity contribution in [3.05, 3.63) is 59.7 Å². The lowest BCUT2D eigenvalue weighted by atomic mass is 10.1. The first-order valence-electron chi connectivity index (χ1n) is 9.86. The van der Waals surface area contributed by atoms with Crippen molar-refractivity contribution in [1.82, 2.24) is 14.8 Å². The summed E-state index contributed by atoms with van der Waals surface area (Å²) in [5.41, 5.74) is 3.45. The third kappa shape index (κ3) is 5.36. The summed E-state index contributed by atoms with van der Waals surface area (Å²) >= 11 is 1.36. The molecule has 30 heavy (non-hydrogen) atoms. The van der Waals surface area contributed by atoms with E-state index in [2.05, 4.69) is 15.5 Å². The lowest BCUT2D eigenvalue weighted by molar-refractivity contribution is -0.116. The number of amides is 1. The van der Waals surface area contributed by atoms with Crippen molar-refractivity contribution in [2.75, 3.05) is 11.1 Å². The highest BCUT2D eigenvalue weighted by atomic mass is 32.2. The van der Waals surface area contributed by atoms with Gasteiger partial charge in [-0.1, -0.05) is 49.9 Å². The van der Waals surface area contributed by atoms with Crippen LogP contribution in [0, 0.1) is 12.8 Å². The molecule has 3 aromatic rings. The van der Waals surface area contributed by atoms with Gasteiger partial charge >= 0.3 is 0 Å². The van der Waals surface area contributed by atoms with Crippen molar-refractivity contribution in [2.24, 2.45) is 13.0 Å². The van der Waals surface area contributed by atoms with Gasteiger partial charge in [0.05, 0.1) is 5.75 Å². The molecule has 0 spiro atoms. The molecule has 3 rings (SSSR count). The van der Waals surface area contributed by atoms with E-state index in [-0.39, 0.29) is 17.4 Å². The third-order valence-corrected chi connectivity index (χ3v) is 5.66. The van der Waals surface area contributed by atoms with Gasteiger partial charge in [0.25, 0.3) is 0 Å². The quantitative estimate of drug-likeness (QED) is 0.419. The van der Waals surface area contributed by atoms with Gasteiger partial charge in [0.2, 0.25) is 5.91 Å². The Bertz CT molecular complexity index is 1040. The smallest absolute Gasteiger partial charge is 0.224 e. The minimum absolute atomic E-state index is 0.000462. The van der Waals surface area contributed by atoms with E-state index in [1.165, 1.54) is 11.8 Å². The Morgan fingerprint density at radius 2 is 1.77 bits per heavy atom. The van der Waals surface area contributed by atoms with E-state index in [0.717, 1.165) is 17.0 Å². The van der Waals surface area contributed by atoms with Gasteiger partial charge in [0, 0.05) is 30.3 Å². The number of aryl methyl sites for hydroxylation is 1. The third-order valence-electron chi connectivity index (χ3n) is 4.64. The SMILES string of the molecule is Cc1ccccc1-c1nnc(SCC(=O)c2ccc(NC(=O)CC(C)C)cc2)n1C. The molecule has 0 atom stereocenters. The summed E-state index contributed by atoms with van der Waals surface area (Å²) in [4.78, 5) is 24.4. The number of ketones is 1. The van der Waals surface area contributed by atoms with Gasteiger partial charge in [-0.05, 0) is 42.7 Å². The van der Waals surface area contributed by atoms with Crippen LogP contribution in [0.1, 0.15) is 36.2 Å². The fourth-order valence-corrected chi connectivity index (χ4v) is 3.84. The van der Waals surface area contributed by atoms with Gasteiger partial charge in [-0.2, -0.15) is 0 Å². The first-order chi connectivity index (χ1) is 14.3. The van der Waals surface area contributed by atoms with Crippen LogP contribution in [0.25, 0.3) is 11.4 Å². The van der Waals surface area contributed by atoms with Crippen LogP contribution < -0.4 is 5.32 Å². The molecule has 6 nitrogen and oxygen atoms in total. The van der Waals surface area contributed by atoms with Crippen molar-refractivity contribution in [2.45, 2.75) is 32.3 Å². The van der Waals surface area contributed by atoms with E-state index < -0.39 is 0 Å². The molecule has 0 saturated heterocycles. The number of carbonyl (C=O) groups is 2. The van der Waals surface area contributed by atoms with Crippen molar-refractivity contribution in [1.29, 1.82) is 0 Å². The van der Waals surface area contributed by atoms with Gasteiger partial charge in [0.15, 0.2) is 16.8 Å². The molecule has 7 heteroatoms. The van der Waals surface area contributed by atoms with Crippen LogP contribution in [-0.2, 0) is 11.8 Å². The van der Waals surface area contributed by atoms with E-state index in [9.17, 15) is 9.59 Å². The summed E-state index contributed by atoms with van der Waals surface area (Å²) in [6.45, 7) is 6.04. The summed E-state index contributed by atoms with van der Waals surface area (Å²) in [6, 6.07) is 15.0. The molecule has 0 aliphatic carbocycles. The predicted molar refractivity (Wildman–Crippen MR) is 121 cm³/mol. The highest BCUT2D eigenvalue weighted by Crippen LogP contribution is 2.25. The van der Waals surface area contributed by atoms with Gasteiger partial charge in [0.1, 0.15) is 0 Å². The number of anilines is 1. The molecule has 0 fully saturated rings. The number of rotatable bonds is 8. The highest BCUT2D eigenvalue weighted by Gasteiger charge is 2.15. The summed E-state index contributed by atoms with van der Waals surface area (Å²) in [5, 5.41) is 12.1. The fraction of sp³-hybridized carbons (Fsp3) is 0.304. The molecule has 1 heterocycles. The maximum absolute atomic E-state index is 12.6. The van der Waals surface area contributed by atoms with Gasteiger partial charge in [-0.25, -0.2) is 0 Å². The van der Waals surface area contributed by atoms with E-state index in [0.29, 0.717) is 28.7 Å². The Balaban J connectivity index is 1.61. The number of hydrogen-bond donors (Lipinski definition) is 1. The van der Waals surface area contributed by atoms with Crippen molar-refractivity contribution in [3.8, 4) is 11.4 Å². The Labute approximate surface area is 181 Å². The van der Waals surface area contributed by atoms with Crippen LogP contribution in [0.2, 0.25) is 0 Å². The van der Waals surface area contributed by atoms with Crippen LogP contribution >= 0.6 is 11.8 Å².